The summed E-state index contributed by atoms with van der Waals surface area (Å²) < 4.78 is 13.8. The molecule has 0 radical (unpaired) electrons. The molecule has 110 valence electrons. The number of ether oxygens (including phenoxy) is 2. The van der Waals surface area contributed by atoms with Gasteiger partial charge in [0.25, 0.3) is 0 Å². The summed E-state index contributed by atoms with van der Waals surface area (Å²) in [5, 5.41) is 0. The fourth-order valence-electron chi connectivity index (χ4n) is 2.98. The van der Waals surface area contributed by atoms with E-state index in [0.29, 0.717) is 13.2 Å². The smallest absolute Gasteiger partial charge is 0.174 e. The van der Waals surface area contributed by atoms with Gasteiger partial charge in [-0.05, 0) is 31.1 Å². The average molecular weight is 275 g/mol. The van der Waals surface area contributed by atoms with Crippen molar-refractivity contribution in [3.05, 3.63) is 35.7 Å². The number of aromatic nitrogens is 1. The summed E-state index contributed by atoms with van der Waals surface area (Å²) >= 11 is 0. The summed E-state index contributed by atoms with van der Waals surface area (Å²) in [5.41, 5.74) is 3.87. The van der Waals surface area contributed by atoms with Crippen molar-refractivity contribution < 1.29 is 9.47 Å². The quantitative estimate of drug-likeness (QED) is 0.817. The minimum atomic E-state index is -0.376. The van der Waals surface area contributed by atoms with Crippen molar-refractivity contribution in [1.82, 2.24) is 4.57 Å². The number of allylic oxidation sites excluding steroid dienone is 1. The standard InChI is InChI=1S/C15H19NO2.C2H6/c1-3-5-13-10-12-6-7-15(17-8-9-18-15)11-14(12)16(13)4-2;1-2/h3-5,10H,2,6-9,11H2,1H3;1-2H3/b5-3-;. The first-order valence-electron chi connectivity index (χ1n) is 7.54. The van der Waals surface area contributed by atoms with Crippen LogP contribution in [0.1, 0.15) is 44.1 Å². The Balaban J connectivity index is 0.000000704. The number of rotatable bonds is 2. The van der Waals surface area contributed by atoms with Gasteiger partial charge in [0.2, 0.25) is 0 Å². The lowest BCUT2D eigenvalue weighted by Gasteiger charge is -2.32. The largest absolute Gasteiger partial charge is 0.347 e. The third-order valence-corrected chi connectivity index (χ3v) is 3.81. The Bertz CT molecular complexity index is 493. The van der Waals surface area contributed by atoms with E-state index in [1.54, 1.807) is 0 Å². The van der Waals surface area contributed by atoms with Crippen molar-refractivity contribution >= 4 is 12.3 Å². The van der Waals surface area contributed by atoms with Gasteiger partial charge in [0.1, 0.15) is 0 Å². The molecule has 0 unspecified atom stereocenters. The Hall–Kier alpha value is -1.32. The monoisotopic (exact) mass is 275 g/mol. The van der Waals surface area contributed by atoms with Gasteiger partial charge in [0, 0.05) is 30.4 Å². The highest BCUT2D eigenvalue weighted by Crippen LogP contribution is 2.37. The maximum absolute atomic E-state index is 5.82. The zero-order valence-electron chi connectivity index (χ0n) is 12.8. The first kappa shape index (κ1) is 15.1. The van der Waals surface area contributed by atoms with Gasteiger partial charge in [0.15, 0.2) is 5.79 Å². The molecule has 0 bridgehead atoms. The van der Waals surface area contributed by atoms with E-state index < -0.39 is 0 Å². The molecular weight excluding hydrogens is 250 g/mol. The third-order valence-electron chi connectivity index (χ3n) is 3.81. The number of nitrogens with zero attached hydrogens (tertiary/aromatic N) is 1. The minimum Gasteiger partial charge on any atom is -0.347 e. The van der Waals surface area contributed by atoms with Gasteiger partial charge < -0.3 is 14.0 Å². The average Bonchev–Trinajstić information content (AvgIpc) is 3.06. The Kier molecular flexibility index (Phi) is 4.84. The predicted molar refractivity (Wildman–Crippen MR) is 83.5 cm³/mol. The van der Waals surface area contributed by atoms with Crippen LogP contribution in [0.4, 0.5) is 0 Å². The van der Waals surface area contributed by atoms with E-state index in [0.717, 1.165) is 19.3 Å². The van der Waals surface area contributed by atoms with Crippen LogP contribution in [0.25, 0.3) is 12.3 Å². The molecule has 3 nitrogen and oxygen atoms in total. The molecule has 0 saturated carbocycles. The Morgan fingerprint density at radius 2 is 2.00 bits per heavy atom. The molecule has 0 amide bonds. The van der Waals surface area contributed by atoms with Crippen molar-refractivity contribution in [1.29, 1.82) is 0 Å². The number of hydrogen-bond acceptors (Lipinski definition) is 2. The second-order valence-electron chi connectivity index (χ2n) is 4.88. The minimum absolute atomic E-state index is 0.376. The maximum atomic E-state index is 5.82. The van der Waals surface area contributed by atoms with E-state index in [-0.39, 0.29) is 5.79 Å². The van der Waals surface area contributed by atoms with E-state index in [2.05, 4.69) is 29.4 Å². The first-order chi connectivity index (χ1) is 9.78. The molecule has 3 heteroatoms. The Labute approximate surface area is 121 Å². The zero-order valence-corrected chi connectivity index (χ0v) is 12.8. The summed E-state index contributed by atoms with van der Waals surface area (Å²) in [6.07, 6.45) is 8.84. The maximum Gasteiger partial charge on any atom is 0.174 e. The molecule has 1 aliphatic carbocycles. The van der Waals surface area contributed by atoms with E-state index in [4.69, 9.17) is 9.47 Å². The van der Waals surface area contributed by atoms with Crippen LogP contribution in [0.2, 0.25) is 0 Å². The highest BCUT2D eigenvalue weighted by molar-refractivity contribution is 5.54. The fourth-order valence-corrected chi connectivity index (χ4v) is 2.98. The lowest BCUT2D eigenvalue weighted by molar-refractivity contribution is -0.164. The van der Waals surface area contributed by atoms with E-state index in [9.17, 15) is 0 Å². The molecule has 1 aromatic rings. The summed E-state index contributed by atoms with van der Waals surface area (Å²) in [6, 6.07) is 2.25. The zero-order chi connectivity index (χ0) is 14.6. The second kappa shape index (κ2) is 6.42. The van der Waals surface area contributed by atoms with Crippen molar-refractivity contribution in [2.24, 2.45) is 0 Å². The summed E-state index contributed by atoms with van der Waals surface area (Å²) in [5.74, 6) is -0.376. The van der Waals surface area contributed by atoms with Crippen LogP contribution in [0.3, 0.4) is 0 Å². The SMILES string of the molecule is C=Cn1c(/C=C\C)cc2c1CC1(CC2)OCCO1.CC. The first-order valence-corrected chi connectivity index (χ1v) is 7.54. The van der Waals surface area contributed by atoms with Crippen molar-refractivity contribution in [3.63, 3.8) is 0 Å². The molecule has 1 saturated heterocycles. The number of aryl methyl sites for hydroxylation is 1. The predicted octanol–water partition coefficient (Wildman–Crippen LogP) is 3.88. The summed E-state index contributed by atoms with van der Waals surface area (Å²) in [6.45, 7) is 11.4. The van der Waals surface area contributed by atoms with Crippen LogP contribution in [-0.4, -0.2) is 23.6 Å². The third kappa shape index (κ3) is 2.60. The highest BCUT2D eigenvalue weighted by Gasteiger charge is 2.41. The molecule has 1 fully saturated rings. The van der Waals surface area contributed by atoms with E-state index in [1.807, 2.05) is 27.0 Å². The van der Waals surface area contributed by atoms with Gasteiger partial charge in [0.05, 0.1) is 13.2 Å². The fraction of sp³-hybridized carbons (Fsp3) is 0.529. The molecule has 1 aliphatic heterocycles. The van der Waals surface area contributed by atoms with Crippen molar-refractivity contribution in [2.75, 3.05) is 13.2 Å². The molecule has 3 rings (SSSR count). The van der Waals surface area contributed by atoms with Crippen LogP contribution in [0.5, 0.6) is 0 Å². The highest BCUT2D eigenvalue weighted by atomic mass is 16.7. The van der Waals surface area contributed by atoms with Crippen LogP contribution in [-0.2, 0) is 22.3 Å². The molecule has 1 spiro atoms. The Morgan fingerprint density at radius 3 is 2.60 bits per heavy atom. The summed E-state index contributed by atoms with van der Waals surface area (Å²) in [7, 11) is 0. The van der Waals surface area contributed by atoms with Crippen LogP contribution in [0, 0.1) is 0 Å². The van der Waals surface area contributed by atoms with Crippen LogP contribution in [0.15, 0.2) is 18.7 Å². The normalized spacial score (nSPS) is 19.8. The summed E-state index contributed by atoms with van der Waals surface area (Å²) in [4.78, 5) is 0. The van der Waals surface area contributed by atoms with Gasteiger partial charge in [-0.3, -0.25) is 0 Å². The number of hydrogen-bond donors (Lipinski definition) is 0. The lowest BCUT2D eigenvalue weighted by atomic mass is 9.92. The van der Waals surface area contributed by atoms with Crippen molar-refractivity contribution in [3.8, 4) is 0 Å². The molecule has 2 aliphatic rings. The molecule has 2 heterocycles. The molecular formula is C17H25NO2. The van der Waals surface area contributed by atoms with Gasteiger partial charge in [-0.2, -0.15) is 0 Å². The lowest BCUT2D eigenvalue weighted by Crippen LogP contribution is -2.37. The van der Waals surface area contributed by atoms with Crippen LogP contribution >= 0.6 is 0 Å². The second-order valence-corrected chi connectivity index (χ2v) is 4.88. The van der Waals surface area contributed by atoms with Gasteiger partial charge in [-0.15, -0.1) is 0 Å². The van der Waals surface area contributed by atoms with E-state index >= 15 is 0 Å². The topological polar surface area (TPSA) is 23.4 Å². The van der Waals surface area contributed by atoms with Gasteiger partial charge in [-0.1, -0.05) is 26.5 Å². The molecule has 20 heavy (non-hydrogen) atoms. The molecule has 1 aromatic heterocycles. The van der Waals surface area contributed by atoms with Crippen LogP contribution < -0.4 is 0 Å². The molecule has 0 aromatic carbocycles. The molecule has 0 N–H and O–H groups in total. The van der Waals surface area contributed by atoms with E-state index in [1.165, 1.54) is 17.0 Å². The Morgan fingerprint density at radius 1 is 1.30 bits per heavy atom. The molecule has 0 atom stereocenters. The number of fused-ring (bicyclic) bond motifs is 1. The van der Waals surface area contributed by atoms with Crippen molar-refractivity contribution in [2.45, 2.75) is 45.8 Å². The van der Waals surface area contributed by atoms with Gasteiger partial charge >= 0.3 is 0 Å². The van der Waals surface area contributed by atoms with Gasteiger partial charge in [-0.25, -0.2) is 0 Å².